The number of thioether (sulfide) groups is 1. The molecule has 1 amide bonds. The summed E-state index contributed by atoms with van der Waals surface area (Å²) in [5.41, 5.74) is 2.08. The lowest BCUT2D eigenvalue weighted by Gasteiger charge is -2.29. The molecule has 0 aliphatic carbocycles. The predicted molar refractivity (Wildman–Crippen MR) is 139 cm³/mol. The van der Waals surface area contributed by atoms with Crippen LogP contribution in [0.25, 0.3) is 10.2 Å². The molecule has 2 atom stereocenters. The lowest BCUT2D eigenvalue weighted by molar-refractivity contribution is -0.134. The summed E-state index contributed by atoms with van der Waals surface area (Å²) < 4.78 is 13.2. The number of nitrogens with zero attached hydrogens (tertiary/aromatic N) is 3. The molecule has 0 unspecified atom stereocenters. The number of fused-ring (bicyclic) bond motifs is 3. The lowest BCUT2D eigenvalue weighted by Crippen LogP contribution is -2.44. The molecule has 2 aromatic heterocycles. The van der Waals surface area contributed by atoms with Crippen LogP contribution in [0, 0.1) is 5.92 Å². The van der Waals surface area contributed by atoms with Gasteiger partial charge in [0.05, 0.1) is 43.1 Å². The van der Waals surface area contributed by atoms with Gasteiger partial charge in [-0.05, 0) is 24.0 Å². The van der Waals surface area contributed by atoms with Crippen molar-refractivity contribution >= 4 is 39.2 Å². The highest BCUT2D eigenvalue weighted by Crippen LogP contribution is 2.36. The highest BCUT2D eigenvalue weighted by molar-refractivity contribution is 8.00. The van der Waals surface area contributed by atoms with E-state index in [1.54, 1.807) is 15.9 Å². The van der Waals surface area contributed by atoms with E-state index >= 15 is 0 Å². The van der Waals surface area contributed by atoms with E-state index in [0.717, 1.165) is 27.3 Å². The molecule has 186 valence electrons. The fourth-order valence-corrected chi connectivity index (χ4v) is 6.77. The van der Waals surface area contributed by atoms with Gasteiger partial charge >= 0.3 is 0 Å². The second kappa shape index (κ2) is 10.4. The van der Waals surface area contributed by atoms with Crippen LogP contribution in [-0.2, 0) is 33.8 Å². The second-order valence-corrected chi connectivity index (χ2v) is 11.8. The normalized spacial score (nSPS) is 19.2. The van der Waals surface area contributed by atoms with Gasteiger partial charge < -0.3 is 14.4 Å². The molecule has 2 aliphatic heterocycles. The third kappa shape index (κ3) is 5.05. The van der Waals surface area contributed by atoms with Crippen LogP contribution >= 0.6 is 23.1 Å². The molecular formula is C26H31N3O4S2. The van der Waals surface area contributed by atoms with Gasteiger partial charge in [-0.25, -0.2) is 4.98 Å². The van der Waals surface area contributed by atoms with Crippen molar-refractivity contribution in [2.75, 3.05) is 26.3 Å². The van der Waals surface area contributed by atoms with E-state index in [9.17, 15) is 9.59 Å². The molecule has 0 bridgehead atoms. The number of rotatable bonds is 6. The van der Waals surface area contributed by atoms with E-state index in [1.165, 1.54) is 11.8 Å². The summed E-state index contributed by atoms with van der Waals surface area (Å²) in [6.45, 7) is 9.45. The molecule has 4 heterocycles. The number of hydrogen-bond acceptors (Lipinski definition) is 7. The Morgan fingerprint density at radius 3 is 2.66 bits per heavy atom. The maximum Gasteiger partial charge on any atom is 0.263 e. The van der Waals surface area contributed by atoms with E-state index in [1.807, 2.05) is 42.2 Å². The fourth-order valence-electron chi connectivity index (χ4n) is 4.61. The average Bonchev–Trinajstić information content (AvgIpc) is 3.24. The number of morpholine rings is 1. The summed E-state index contributed by atoms with van der Waals surface area (Å²) in [7, 11) is 0. The summed E-state index contributed by atoms with van der Waals surface area (Å²) in [5, 5.41) is 0.939. The van der Waals surface area contributed by atoms with E-state index in [4.69, 9.17) is 14.5 Å². The number of benzene rings is 1. The molecule has 35 heavy (non-hydrogen) atoms. The Balaban J connectivity index is 1.55. The van der Waals surface area contributed by atoms with E-state index in [0.29, 0.717) is 55.9 Å². The standard InChI is InChI=1S/C26H31N3O4S2/c1-16(2)20-13-19-21(15-33-20)35-23-22(19)25(31)29(14-18-7-5-4-6-8-18)26(27-23)34-17(3)24(30)28-9-11-32-12-10-28/h4-8,16-17,20H,9-15H2,1-3H3/t17-,20-/m0/s1. The van der Waals surface area contributed by atoms with E-state index < -0.39 is 0 Å². The minimum absolute atomic E-state index is 0.0331. The van der Waals surface area contributed by atoms with Crippen LogP contribution in [0.1, 0.15) is 36.8 Å². The number of thiophene rings is 1. The summed E-state index contributed by atoms with van der Waals surface area (Å²) in [6, 6.07) is 9.94. The first-order valence-electron chi connectivity index (χ1n) is 12.2. The van der Waals surface area contributed by atoms with Crippen molar-refractivity contribution in [3.8, 4) is 0 Å². The first-order valence-corrected chi connectivity index (χ1v) is 13.9. The molecule has 1 fully saturated rings. The van der Waals surface area contributed by atoms with Crippen molar-refractivity contribution in [3.05, 3.63) is 56.7 Å². The van der Waals surface area contributed by atoms with Crippen LogP contribution in [0.5, 0.6) is 0 Å². The quantitative estimate of drug-likeness (QED) is 0.367. The zero-order valence-electron chi connectivity index (χ0n) is 20.4. The third-order valence-electron chi connectivity index (χ3n) is 6.67. The van der Waals surface area contributed by atoms with Gasteiger partial charge in [0.2, 0.25) is 5.91 Å². The molecule has 1 saturated heterocycles. The Bertz CT molecular complexity index is 1270. The Morgan fingerprint density at radius 2 is 1.94 bits per heavy atom. The molecule has 5 rings (SSSR count). The molecular weight excluding hydrogens is 482 g/mol. The lowest BCUT2D eigenvalue weighted by atomic mass is 9.96. The maximum atomic E-state index is 14.0. The SMILES string of the molecule is CC(C)[C@@H]1Cc2c(sc3nc(S[C@@H](C)C(=O)N4CCOCC4)n(Cc4ccccc4)c(=O)c23)CO1. The molecule has 2 aliphatic rings. The number of amides is 1. The number of aromatic nitrogens is 2. The molecule has 0 radical (unpaired) electrons. The number of ether oxygens (including phenoxy) is 2. The van der Waals surface area contributed by atoms with Crippen LogP contribution < -0.4 is 5.56 Å². The van der Waals surface area contributed by atoms with E-state index in [-0.39, 0.29) is 22.8 Å². The van der Waals surface area contributed by atoms with Gasteiger partial charge in [0.25, 0.3) is 5.56 Å². The maximum absolute atomic E-state index is 14.0. The highest BCUT2D eigenvalue weighted by Gasteiger charge is 2.30. The van der Waals surface area contributed by atoms with Crippen LogP contribution in [0.3, 0.4) is 0 Å². The summed E-state index contributed by atoms with van der Waals surface area (Å²) in [5.74, 6) is 0.428. The molecule has 3 aromatic rings. The third-order valence-corrected chi connectivity index (χ3v) is 8.85. The minimum atomic E-state index is -0.359. The Morgan fingerprint density at radius 1 is 1.20 bits per heavy atom. The predicted octanol–water partition coefficient (Wildman–Crippen LogP) is 3.94. The van der Waals surface area contributed by atoms with Gasteiger partial charge in [0.15, 0.2) is 5.16 Å². The Hall–Kier alpha value is -2.20. The van der Waals surface area contributed by atoms with Gasteiger partial charge in [-0.1, -0.05) is 55.9 Å². The summed E-state index contributed by atoms with van der Waals surface area (Å²) in [4.78, 5) is 35.7. The van der Waals surface area contributed by atoms with Crippen molar-refractivity contribution in [2.45, 2.75) is 56.9 Å². The Kier molecular flexibility index (Phi) is 7.29. The van der Waals surface area contributed by atoms with Crippen molar-refractivity contribution < 1.29 is 14.3 Å². The van der Waals surface area contributed by atoms with Gasteiger partial charge in [-0.2, -0.15) is 0 Å². The zero-order chi connectivity index (χ0) is 24.5. The van der Waals surface area contributed by atoms with Gasteiger partial charge in [-0.3, -0.25) is 14.2 Å². The summed E-state index contributed by atoms with van der Waals surface area (Å²) >= 11 is 2.91. The molecule has 9 heteroatoms. The van der Waals surface area contributed by atoms with Gasteiger partial charge in [-0.15, -0.1) is 11.3 Å². The molecule has 1 aromatic carbocycles. The minimum Gasteiger partial charge on any atom is -0.378 e. The molecule has 0 spiro atoms. The van der Waals surface area contributed by atoms with Gasteiger partial charge in [0.1, 0.15) is 4.83 Å². The Labute approximate surface area is 213 Å². The van der Waals surface area contributed by atoms with Crippen molar-refractivity contribution in [2.24, 2.45) is 5.92 Å². The fraction of sp³-hybridized carbons (Fsp3) is 0.500. The number of carbonyl (C=O) groups excluding carboxylic acids is 1. The second-order valence-electron chi connectivity index (χ2n) is 9.45. The summed E-state index contributed by atoms with van der Waals surface area (Å²) in [6.07, 6.45) is 0.829. The van der Waals surface area contributed by atoms with Crippen molar-refractivity contribution in [3.63, 3.8) is 0 Å². The largest absolute Gasteiger partial charge is 0.378 e. The van der Waals surface area contributed by atoms with Crippen molar-refractivity contribution in [1.29, 1.82) is 0 Å². The first-order chi connectivity index (χ1) is 16.9. The van der Waals surface area contributed by atoms with E-state index in [2.05, 4.69) is 13.8 Å². The van der Waals surface area contributed by atoms with Crippen LogP contribution in [0.15, 0.2) is 40.3 Å². The topological polar surface area (TPSA) is 73.7 Å². The number of carbonyl (C=O) groups is 1. The average molecular weight is 514 g/mol. The monoisotopic (exact) mass is 513 g/mol. The van der Waals surface area contributed by atoms with Crippen LogP contribution in [0.2, 0.25) is 0 Å². The molecule has 0 N–H and O–H groups in total. The van der Waals surface area contributed by atoms with Crippen molar-refractivity contribution in [1.82, 2.24) is 14.5 Å². The molecule has 7 nitrogen and oxygen atoms in total. The van der Waals surface area contributed by atoms with Crippen LogP contribution in [-0.4, -0.2) is 58.0 Å². The highest BCUT2D eigenvalue weighted by atomic mass is 32.2. The van der Waals surface area contributed by atoms with Gasteiger partial charge in [0, 0.05) is 24.4 Å². The van der Waals surface area contributed by atoms with Crippen LogP contribution in [0.4, 0.5) is 0 Å². The zero-order valence-corrected chi connectivity index (χ0v) is 22.0. The first kappa shape index (κ1) is 24.5. The smallest absolute Gasteiger partial charge is 0.263 e. The number of hydrogen-bond donors (Lipinski definition) is 0. The molecule has 0 saturated carbocycles.